The minimum atomic E-state index is -0.889. The third-order valence-corrected chi connectivity index (χ3v) is 3.03. The smallest absolute Gasteiger partial charge is 0.480 e. The lowest BCUT2D eigenvalue weighted by Gasteiger charge is -2.07. The Hall–Kier alpha value is -2.63. The summed E-state index contributed by atoms with van der Waals surface area (Å²) in [7, 11) is 0.529. The number of hydrogen-bond acceptors (Lipinski definition) is 7. The first-order chi connectivity index (χ1) is 10.2. The number of ether oxygens (including phenoxy) is 2. The molecule has 0 spiro atoms. The molecule has 0 radical (unpaired) electrons. The fraction of sp³-hybridized carbons (Fsp3) is 0.154. The van der Waals surface area contributed by atoms with Gasteiger partial charge in [0.1, 0.15) is 17.4 Å². The standard InChI is InChI=1S/C13H10BN3O4/c1-19-12-9(5-15)6-16-13(17-12)21-10-2-3-11-8(4-10)7-20-14(11)18/h2-4,6,18H,7H2,1H3. The molecule has 1 aromatic carbocycles. The first kappa shape index (κ1) is 13.4. The van der Waals surface area contributed by atoms with Crippen LogP contribution < -0.4 is 14.9 Å². The van der Waals surface area contributed by atoms with Crippen LogP contribution in [0.3, 0.4) is 0 Å². The van der Waals surface area contributed by atoms with Crippen LogP contribution in [-0.4, -0.2) is 29.2 Å². The normalized spacial score (nSPS) is 12.7. The zero-order valence-corrected chi connectivity index (χ0v) is 11.1. The summed E-state index contributed by atoms with van der Waals surface area (Å²) in [6.45, 7) is 0.325. The van der Waals surface area contributed by atoms with Crippen molar-refractivity contribution in [3.8, 4) is 23.7 Å². The van der Waals surface area contributed by atoms with Crippen LogP contribution in [0, 0.1) is 11.3 Å². The summed E-state index contributed by atoms with van der Waals surface area (Å²) in [5.41, 5.74) is 1.80. The average molecular weight is 283 g/mol. The Morgan fingerprint density at radius 3 is 3.10 bits per heavy atom. The SMILES string of the molecule is COc1nc(Oc2ccc3c(c2)COB3O)ncc1C#N. The fourth-order valence-electron chi connectivity index (χ4n) is 2.01. The molecule has 0 bridgehead atoms. The van der Waals surface area contributed by atoms with Crippen LogP contribution in [0.1, 0.15) is 11.1 Å². The third kappa shape index (κ3) is 2.52. The lowest BCUT2D eigenvalue weighted by atomic mass is 9.80. The highest BCUT2D eigenvalue weighted by molar-refractivity contribution is 6.61. The lowest BCUT2D eigenvalue weighted by Crippen LogP contribution is -2.27. The van der Waals surface area contributed by atoms with E-state index in [1.165, 1.54) is 13.3 Å². The van der Waals surface area contributed by atoms with Crippen molar-refractivity contribution in [2.75, 3.05) is 7.11 Å². The molecule has 104 valence electrons. The van der Waals surface area contributed by atoms with Crippen molar-refractivity contribution in [2.45, 2.75) is 6.61 Å². The Bertz CT molecular complexity index is 732. The van der Waals surface area contributed by atoms with E-state index in [0.717, 1.165) is 11.0 Å². The Morgan fingerprint density at radius 2 is 2.33 bits per heavy atom. The van der Waals surface area contributed by atoms with E-state index in [9.17, 15) is 5.02 Å². The van der Waals surface area contributed by atoms with Gasteiger partial charge in [-0.1, -0.05) is 6.07 Å². The molecule has 0 saturated heterocycles. The number of fused-ring (bicyclic) bond motifs is 1. The van der Waals surface area contributed by atoms with Crippen LogP contribution in [-0.2, 0) is 11.3 Å². The van der Waals surface area contributed by atoms with E-state index in [1.807, 2.05) is 6.07 Å². The van der Waals surface area contributed by atoms with Gasteiger partial charge in [-0.3, -0.25) is 0 Å². The first-order valence-electron chi connectivity index (χ1n) is 6.12. The zero-order valence-electron chi connectivity index (χ0n) is 11.1. The van der Waals surface area contributed by atoms with Gasteiger partial charge in [-0.15, -0.1) is 0 Å². The monoisotopic (exact) mass is 283 g/mol. The van der Waals surface area contributed by atoms with Gasteiger partial charge < -0.3 is 19.2 Å². The molecule has 21 heavy (non-hydrogen) atoms. The van der Waals surface area contributed by atoms with Crippen LogP contribution in [0.4, 0.5) is 0 Å². The summed E-state index contributed by atoms with van der Waals surface area (Å²) in [6.07, 6.45) is 1.33. The molecule has 0 saturated carbocycles. The molecule has 7 nitrogen and oxygen atoms in total. The molecule has 0 amide bonds. The van der Waals surface area contributed by atoms with Gasteiger partial charge in [0.05, 0.1) is 19.9 Å². The molecule has 1 aliphatic heterocycles. The summed E-state index contributed by atoms with van der Waals surface area (Å²) in [6, 6.07) is 7.16. The molecule has 0 atom stereocenters. The van der Waals surface area contributed by atoms with Crippen molar-refractivity contribution in [1.82, 2.24) is 9.97 Å². The van der Waals surface area contributed by atoms with Gasteiger partial charge in [0.25, 0.3) is 0 Å². The van der Waals surface area contributed by atoms with Crippen LogP contribution in [0.15, 0.2) is 24.4 Å². The number of aromatic nitrogens is 2. The first-order valence-corrected chi connectivity index (χ1v) is 6.12. The fourth-order valence-corrected chi connectivity index (χ4v) is 2.01. The van der Waals surface area contributed by atoms with E-state index < -0.39 is 7.12 Å². The Balaban J connectivity index is 1.86. The number of hydrogen-bond donors (Lipinski definition) is 1. The van der Waals surface area contributed by atoms with Crippen molar-refractivity contribution in [1.29, 1.82) is 5.26 Å². The maximum atomic E-state index is 9.55. The Labute approximate surface area is 120 Å². The number of rotatable bonds is 3. The second-order valence-corrected chi connectivity index (χ2v) is 4.31. The molecular weight excluding hydrogens is 273 g/mol. The molecular formula is C13H10BN3O4. The lowest BCUT2D eigenvalue weighted by molar-refractivity contribution is 0.275. The van der Waals surface area contributed by atoms with Gasteiger partial charge in [-0.05, 0) is 23.2 Å². The summed E-state index contributed by atoms with van der Waals surface area (Å²) >= 11 is 0. The van der Waals surface area contributed by atoms with Crippen molar-refractivity contribution in [3.63, 3.8) is 0 Å². The summed E-state index contributed by atoms with van der Waals surface area (Å²) < 4.78 is 15.6. The van der Waals surface area contributed by atoms with E-state index in [-0.39, 0.29) is 17.5 Å². The van der Waals surface area contributed by atoms with E-state index in [4.69, 9.17) is 19.4 Å². The summed E-state index contributed by atoms with van der Waals surface area (Å²) in [5.74, 6) is 0.667. The second kappa shape index (κ2) is 5.40. The van der Waals surface area contributed by atoms with E-state index in [2.05, 4.69) is 9.97 Å². The molecule has 1 N–H and O–H groups in total. The average Bonchev–Trinajstić information content (AvgIpc) is 2.88. The topological polar surface area (TPSA) is 97.5 Å². The predicted octanol–water partition coefficient (Wildman–Crippen LogP) is 0.367. The van der Waals surface area contributed by atoms with Crippen LogP contribution in [0.5, 0.6) is 17.6 Å². The minimum absolute atomic E-state index is 0.0743. The molecule has 2 heterocycles. The number of benzene rings is 1. The third-order valence-electron chi connectivity index (χ3n) is 3.03. The van der Waals surface area contributed by atoms with E-state index >= 15 is 0 Å². The maximum absolute atomic E-state index is 9.55. The molecule has 0 unspecified atom stereocenters. The van der Waals surface area contributed by atoms with Crippen molar-refractivity contribution < 1.29 is 19.2 Å². The van der Waals surface area contributed by atoms with Gasteiger partial charge >= 0.3 is 13.1 Å². The minimum Gasteiger partial charge on any atom is -0.480 e. The van der Waals surface area contributed by atoms with Gasteiger partial charge in [0.15, 0.2) is 0 Å². The molecule has 8 heteroatoms. The molecule has 0 aliphatic carbocycles. The zero-order chi connectivity index (χ0) is 14.8. The molecule has 1 aliphatic rings. The largest absolute Gasteiger partial charge is 0.491 e. The maximum Gasteiger partial charge on any atom is 0.491 e. The van der Waals surface area contributed by atoms with Crippen molar-refractivity contribution in [3.05, 3.63) is 35.5 Å². The highest BCUT2D eigenvalue weighted by Gasteiger charge is 2.27. The number of nitrogens with zero attached hydrogens (tertiary/aromatic N) is 3. The van der Waals surface area contributed by atoms with Gasteiger partial charge in [-0.25, -0.2) is 4.98 Å². The van der Waals surface area contributed by atoms with Crippen molar-refractivity contribution in [2.24, 2.45) is 0 Å². The van der Waals surface area contributed by atoms with Gasteiger partial charge in [-0.2, -0.15) is 10.2 Å². The highest BCUT2D eigenvalue weighted by Crippen LogP contribution is 2.23. The van der Waals surface area contributed by atoms with Crippen molar-refractivity contribution >= 4 is 12.6 Å². The summed E-state index contributed by atoms with van der Waals surface area (Å²) in [5, 5.41) is 18.4. The van der Waals surface area contributed by atoms with Crippen LogP contribution in [0.2, 0.25) is 0 Å². The van der Waals surface area contributed by atoms with E-state index in [1.54, 1.807) is 18.2 Å². The van der Waals surface area contributed by atoms with Crippen LogP contribution >= 0.6 is 0 Å². The molecule has 2 aromatic rings. The van der Waals surface area contributed by atoms with Crippen LogP contribution in [0.25, 0.3) is 0 Å². The van der Waals surface area contributed by atoms with Gasteiger partial charge in [0.2, 0.25) is 5.88 Å². The number of nitriles is 1. The molecule has 1 aromatic heterocycles. The molecule has 3 rings (SSSR count). The Morgan fingerprint density at radius 1 is 1.48 bits per heavy atom. The highest BCUT2D eigenvalue weighted by atomic mass is 16.5. The summed E-state index contributed by atoms with van der Waals surface area (Å²) in [4.78, 5) is 7.95. The van der Waals surface area contributed by atoms with E-state index in [0.29, 0.717) is 12.4 Å². The molecule has 0 fully saturated rings. The predicted molar refractivity (Wildman–Crippen MR) is 72.2 cm³/mol. The Kier molecular flexibility index (Phi) is 3.44. The quantitative estimate of drug-likeness (QED) is 0.812. The second-order valence-electron chi connectivity index (χ2n) is 4.31. The van der Waals surface area contributed by atoms with Gasteiger partial charge in [0, 0.05) is 0 Å². The number of methoxy groups -OCH3 is 1.